The summed E-state index contributed by atoms with van der Waals surface area (Å²) >= 11 is 0. The molecule has 15 heavy (non-hydrogen) atoms. The van der Waals surface area contributed by atoms with E-state index in [-0.39, 0.29) is 37.2 Å². The molecule has 1 unspecified atom stereocenters. The summed E-state index contributed by atoms with van der Waals surface area (Å²) in [5, 5.41) is -0.733. The lowest BCUT2D eigenvalue weighted by atomic mass is 10.0. The average Bonchev–Trinajstić information content (AvgIpc) is 2.17. The smallest absolute Gasteiger partial charge is 0.236 e. The number of halogens is 3. The van der Waals surface area contributed by atoms with Crippen LogP contribution in [-0.2, 0) is 9.13 Å². The van der Waals surface area contributed by atoms with Gasteiger partial charge in [-0.25, -0.2) is 9.13 Å². The largest absolute Gasteiger partial charge is 0.329 e. The summed E-state index contributed by atoms with van der Waals surface area (Å²) in [7, 11) is -2.41. The Labute approximate surface area is 110 Å². The molecule has 0 radical (unpaired) electrons. The van der Waals surface area contributed by atoms with E-state index in [1.807, 2.05) is 26.8 Å². The quantitative estimate of drug-likeness (QED) is 0.668. The third-order valence-electron chi connectivity index (χ3n) is 2.79. The molecule has 90 valence electrons. The van der Waals surface area contributed by atoms with Gasteiger partial charge >= 0.3 is 7.68 Å². The fourth-order valence-electron chi connectivity index (χ4n) is 1.50. The first-order chi connectivity index (χ1) is 5.39. The average molecular weight is 294 g/mol. The molecule has 1 rings (SSSR count). The van der Waals surface area contributed by atoms with Gasteiger partial charge in [0.25, 0.3) is 0 Å². The Hall–Kier alpha value is 0.250. The Morgan fingerprint density at radius 3 is 1.60 bits per heavy atom. The highest BCUT2D eigenvalue weighted by molar-refractivity contribution is 7.33. The van der Waals surface area contributed by atoms with Crippen LogP contribution in [0.3, 0.4) is 0 Å². The van der Waals surface area contributed by atoms with Gasteiger partial charge in [-0.05, 0) is 38.8 Å². The van der Waals surface area contributed by atoms with E-state index in [0.29, 0.717) is 0 Å². The molecule has 0 bridgehead atoms. The number of rotatable bonds is 1. The number of hydrogen-bond donors (Lipinski definition) is 0. The maximum atomic E-state index is 11.0. The molecule has 0 saturated carbocycles. The molecule has 0 spiro atoms. The fourth-order valence-corrected chi connectivity index (χ4v) is 2.24. The van der Waals surface area contributed by atoms with Gasteiger partial charge < -0.3 is 0 Å². The molecule has 0 heterocycles. The van der Waals surface area contributed by atoms with E-state index in [2.05, 4.69) is 0 Å². The van der Waals surface area contributed by atoms with Crippen LogP contribution in [0, 0.1) is 0 Å². The van der Waals surface area contributed by atoms with Gasteiger partial charge in [0.05, 0.1) is 0 Å². The Morgan fingerprint density at radius 2 is 1.47 bits per heavy atom. The summed E-state index contributed by atoms with van der Waals surface area (Å²) in [5.41, 5.74) is 3.14. The summed E-state index contributed by atoms with van der Waals surface area (Å²) in [6, 6.07) is 0. The van der Waals surface area contributed by atoms with Crippen molar-refractivity contribution in [3.8, 4) is 0 Å². The van der Waals surface area contributed by atoms with Gasteiger partial charge in [0.2, 0.25) is 0 Å². The van der Waals surface area contributed by atoms with Crippen LogP contribution in [0.25, 0.3) is 0 Å². The van der Waals surface area contributed by atoms with E-state index in [1.54, 1.807) is 6.92 Å². The van der Waals surface area contributed by atoms with Crippen molar-refractivity contribution in [2.75, 3.05) is 0 Å². The zero-order valence-electron chi connectivity index (χ0n) is 9.07. The second-order valence-corrected chi connectivity index (χ2v) is 4.93. The molecular formula is C9H16Cl3O2P. The van der Waals surface area contributed by atoms with Crippen LogP contribution in [-0.4, -0.2) is 5.16 Å². The number of hydrogen-bond acceptors (Lipinski definition) is 2. The molecule has 0 saturated heterocycles. The van der Waals surface area contributed by atoms with Crippen molar-refractivity contribution in [2.45, 2.75) is 32.9 Å². The predicted octanol–water partition coefficient (Wildman–Crippen LogP) is 4.48. The lowest BCUT2D eigenvalue weighted by molar-refractivity contribution is 0.502. The summed E-state index contributed by atoms with van der Waals surface area (Å²) < 4.78 is 22.0. The van der Waals surface area contributed by atoms with Crippen LogP contribution in [0.4, 0.5) is 0 Å². The summed E-state index contributed by atoms with van der Waals surface area (Å²) in [5.74, 6) is 0. The summed E-state index contributed by atoms with van der Waals surface area (Å²) in [4.78, 5) is 0. The van der Waals surface area contributed by atoms with Crippen LogP contribution >= 0.6 is 44.9 Å². The van der Waals surface area contributed by atoms with Gasteiger partial charge in [-0.1, -0.05) is 11.6 Å². The van der Waals surface area contributed by atoms with Gasteiger partial charge in [-0.15, -0.1) is 37.2 Å². The third kappa shape index (κ3) is 3.35. The molecule has 0 aromatic carbocycles. The highest BCUT2D eigenvalue weighted by Gasteiger charge is 2.36. The van der Waals surface area contributed by atoms with Crippen molar-refractivity contribution in [2.24, 2.45) is 0 Å². The summed E-state index contributed by atoms with van der Waals surface area (Å²) in [6.07, 6.45) is 1.82. The van der Waals surface area contributed by atoms with Gasteiger partial charge in [-0.2, -0.15) is 0 Å². The van der Waals surface area contributed by atoms with Crippen LogP contribution in [0.1, 0.15) is 27.7 Å². The van der Waals surface area contributed by atoms with E-state index < -0.39 is 12.8 Å². The van der Waals surface area contributed by atoms with Gasteiger partial charge in [0.15, 0.2) is 0 Å². The minimum Gasteiger partial charge on any atom is -0.236 e. The Kier molecular flexibility index (Phi) is 9.29. The molecule has 6 heteroatoms. The van der Waals surface area contributed by atoms with E-state index >= 15 is 0 Å². The van der Waals surface area contributed by atoms with Crippen LogP contribution in [0.2, 0.25) is 0 Å². The third-order valence-corrected chi connectivity index (χ3v) is 4.01. The molecule has 1 atom stereocenters. The first-order valence-corrected chi connectivity index (χ1v) is 5.09. The van der Waals surface area contributed by atoms with Crippen molar-refractivity contribution in [1.82, 2.24) is 0 Å². The van der Waals surface area contributed by atoms with Gasteiger partial charge in [0.1, 0.15) is 5.16 Å². The van der Waals surface area contributed by atoms with E-state index in [4.69, 9.17) is 0 Å². The Bertz CT molecular complexity index is 350. The summed E-state index contributed by atoms with van der Waals surface area (Å²) in [6.45, 7) is 7.54. The monoisotopic (exact) mass is 292 g/mol. The normalized spacial score (nSPS) is 23.3. The minimum atomic E-state index is -2.41. The molecule has 0 N–H and O–H groups in total. The fraction of sp³-hybridized carbons (Fsp3) is 0.556. The zero-order chi connectivity index (χ0) is 9.52. The molecule has 1 aliphatic carbocycles. The molecule has 0 amide bonds. The van der Waals surface area contributed by atoms with Crippen molar-refractivity contribution in [3.05, 3.63) is 22.8 Å². The lowest BCUT2D eigenvalue weighted by Crippen LogP contribution is -2.13. The molecular weight excluding hydrogens is 277 g/mol. The minimum absolute atomic E-state index is 0. The molecule has 0 fully saturated rings. The molecule has 0 aromatic heterocycles. The molecule has 1 aliphatic rings. The lowest BCUT2D eigenvalue weighted by Gasteiger charge is -2.13. The molecule has 2 nitrogen and oxygen atoms in total. The van der Waals surface area contributed by atoms with E-state index in [9.17, 15) is 9.13 Å². The highest BCUT2D eigenvalue weighted by atomic mass is 35.5. The zero-order valence-corrected chi connectivity index (χ0v) is 12.4. The van der Waals surface area contributed by atoms with Crippen molar-refractivity contribution in [1.29, 1.82) is 0 Å². The first kappa shape index (κ1) is 20.6. The maximum absolute atomic E-state index is 11.0. The first-order valence-electron chi connectivity index (χ1n) is 3.92. The second-order valence-electron chi connectivity index (χ2n) is 3.48. The Balaban J connectivity index is -0.000000480. The van der Waals surface area contributed by atoms with Crippen LogP contribution in [0.5, 0.6) is 0 Å². The topological polar surface area (TPSA) is 34.1 Å². The second kappa shape index (κ2) is 6.75. The molecule has 0 aromatic rings. The molecule has 0 aliphatic heterocycles. The van der Waals surface area contributed by atoms with E-state index in [1.165, 1.54) is 0 Å². The van der Waals surface area contributed by atoms with Crippen molar-refractivity contribution in [3.63, 3.8) is 0 Å². The Morgan fingerprint density at radius 1 is 1.07 bits per heavy atom. The van der Waals surface area contributed by atoms with E-state index in [0.717, 1.165) is 16.7 Å². The standard InChI is InChI=1S/C9H13O2P.3ClH/c1-6-5-9(4,12(10)11)8(3)7(6)2;;;/h5H,1-4H3;3*1H. The maximum Gasteiger partial charge on any atom is 0.329 e. The predicted molar refractivity (Wildman–Crippen MR) is 70.6 cm³/mol. The van der Waals surface area contributed by atoms with Crippen LogP contribution < -0.4 is 0 Å². The van der Waals surface area contributed by atoms with Crippen LogP contribution in [0.15, 0.2) is 22.8 Å². The van der Waals surface area contributed by atoms with Crippen molar-refractivity contribution >= 4 is 44.9 Å². The SMILES string of the molecule is CC1=CC(C)(P(=O)=O)C(C)=C1C.Cl.Cl.Cl. The van der Waals surface area contributed by atoms with Gasteiger partial charge in [0, 0.05) is 0 Å². The van der Waals surface area contributed by atoms with Gasteiger partial charge in [-0.3, -0.25) is 0 Å². The number of allylic oxidation sites excluding steroid dienone is 4. The highest BCUT2D eigenvalue weighted by Crippen LogP contribution is 2.45. The van der Waals surface area contributed by atoms with Crippen molar-refractivity contribution < 1.29 is 9.13 Å².